The van der Waals surface area contributed by atoms with Gasteiger partial charge in [-0.25, -0.2) is 4.58 Å². The van der Waals surface area contributed by atoms with Gasteiger partial charge < -0.3 is 4.98 Å². The summed E-state index contributed by atoms with van der Waals surface area (Å²) < 4.78 is 2.10. The number of hydrogen-bond acceptors (Lipinski definition) is 1. The summed E-state index contributed by atoms with van der Waals surface area (Å²) in [5, 5.41) is 1.81. The Bertz CT molecular complexity index is 638. The fourth-order valence-corrected chi connectivity index (χ4v) is 2.00. The molecule has 0 fully saturated rings. The Morgan fingerprint density at radius 3 is 2.59 bits per heavy atom. The molecule has 0 saturated heterocycles. The second-order valence-electron chi connectivity index (χ2n) is 4.28. The van der Waals surface area contributed by atoms with Crippen LogP contribution in [-0.2, 0) is 6.54 Å². The number of benzene rings is 1. The fourth-order valence-electron chi connectivity index (χ4n) is 2.00. The van der Waals surface area contributed by atoms with Gasteiger partial charge in [0.2, 0.25) is 0 Å². The van der Waals surface area contributed by atoms with Gasteiger partial charge in [0.25, 0.3) is 5.56 Å². The summed E-state index contributed by atoms with van der Waals surface area (Å²) in [6, 6.07) is 7.75. The lowest BCUT2D eigenvalue weighted by Gasteiger charge is -2.07. The van der Waals surface area contributed by atoms with E-state index in [1.54, 1.807) is 0 Å². The third kappa shape index (κ3) is 2.13. The molecule has 0 atom stereocenters. The van der Waals surface area contributed by atoms with E-state index in [2.05, 4.69) is 9.56 Å². The lowest BCUT2D eigenvalue weighted by Crippen LogP contribution is -2.14. The van der Waals surface area contributed by atoms with E-state index in [9.17, 15) is 4.79 Å². The molecule has 1 aromatic heterocycles. The largest absolute Gasteiger partial charge is 0.325 e. The summed E-state index contributed by atoms with van der Waals surface area (Å²) in [4.78, 5) is 14.7. The highest BCUT2D eigenvalue weighted by Crippen LogP contribution is 2.17. The summed E-state index contributed by atoms with van der Waals surface area (Å²) in [7, 11) is 2.03. The number of H-pyrrole nitrogens is 1. The molecule has 88 valence electrons. The van der Waals surface area contributed by atoms with Gasteiger partial charge in [-0.3, -0.25) is 4.79 Å². The molecule has 17 heavy (non-hydrogen) atoms. The SMILES string of the molecule is CC=[N+](C)Cc1c(C)[nH]c(=O)c2ccccc12. The normalized spacial score (nSPS) is 12.1. The van der Waals surface area contributed by atoms with Gasteiger partial charge in [-0.05, 0) is 18.4 Å². The average Bonchev–Trinajstić information content (AvgIpc) is 2.34. The second-order valence-corrected chi connectivity index (χ2v) is 4.28. The van der Waals surface area contributed by atoms with Gasteiger partial charge in [0, 0.05) is 23.6 Å². The number of pyridine rings is 1. The third-order valence-electron chi connectivity index (χ3n) is 3.10. The van der Waals surface area contributed by atoms with Gasteiger partial charge in [-0.1, -0.05) is 18.2 Å². The number of aryl methyl sites for hydroxylation is 1. The average molecular weight is 229 g/mol. The minimum absolute atomic E-state index is 0.00928. The van der Waals surface area contributed by atoms with Crippen LogP contribution in [-0.4, -0.2) is 22.8 Å². The lowest BCUT2D eigenvalue weighted by molar-refractivity contribution is -0.509. The van der Waals surface area contributed by atoms with Gasteiger partial charge in [0.1, 0.15) is 13.3 Å². The number of rotatable bonds is 2. The Morgan fingerprint density at radius 1 is 1.29 bits per heavy atom. The van der Waals surface area contributed by atoms with Crippen molar-refractivity contribution in [2.45, 2.75) is 20.4 Å². The molecule has 2 rings (SSSR count). The quantitative estimate of drug-likeness (QED) is 0.621. The second kappa shape index (κ2) is 4.53. The standard InChI is InChI=1S/C14H16N2O/c1-4-16(3)9-13-10(2)15-14(17)12-8-6-5-7-11(12)13/h4-8H,9H2,1-3H3/p+1. The monoisotopic (exact) mass is 229 g/mol. The van der Waals surface area contributed by atoms with Crippen LogP contribution in [0.5, 0.6) is 0 Å². The molecule has 0 aliphatic heterocycles. The van der Waals surface area contributed by atoms with Crippen LogP contribution in [0.3, 0.4) is 0 Å². The Hall–Kier alpha value is -1.90. The van der Waals surface area contributed by atoms with Crippen LogP contribution in [0.2, 0.25) is 0 Å². The van der Waals surface area contributed by atoms with E-state index in [-0.39, 0.29) is 5.56 Å². The smallest absolute Gasteiger partial charge is 0.256 e. The van der Waals surface area contributed by atoms with Crippen LogP contribution in [0.25, 0.3) is 10.8 Å². The van der Waals surface area contributed by atoms with Crippen LogP contribution in [0.1, 0.15) is 18.2 Å². The molecule has 0 radical (unpaired) electrons. The van der Waals surface area contributed by atoms with Crippen molar-refractivity contribution in [3.05, 3.63) is 45.9 Å². The lowest BCUT2D eigenvalue weighted by atomic mass is 10.0. The highest BCUT2D eigenvalue weighted by molar-refractivity contribution is 5.85. The molecule has 0 spiro atoms. The molecule has 0 unspecified atom stereocenters. The van der Waals surface area contributed by atoms with Crippen LogP contribution in [0, 0.1) is 6.92 Å². The molecule has 0 aliphatic carbocycles. The Labute approximate surface area is 100 Å². The van der Waals surface area contributed by atoms with Crippen molar-refractivity contribution < 1.29 is 4.58 Å². The maximum Gasteiger partial charge on any atom is 0.256 e. The Balaban J connectivity index is 2.74. The maximum atomic E-state index is 11.8. The summed E-state index contributed by atoms with van der Waals surface area (Å²) in [6.45, 7) is 4.76. The van der Waals surface area contributed by atoms with E-state index in [0.717, 1.165) is 23.0 Å². The molecule has 0 bridgehead atoms. The van der Waals surface area contributed by atoms with Gasteiger partial charge >= 0.3 is 0 Å². The van der Waals surface area contributed by atoms with E-state index in [4.69, 9.17) is 0 Å². The first kappa shape index (κ1) is 11.6. The maximum absolute atomic E-state index is 11.8. The van der Waals surface area contributed by atoms with Crippen LogP contribution < -0.4 is 5.56 Å². The van der Waals surface area contributed by atoms with E-state index < -0.39 is 0 Å². The topological polar surface area (TPSA) is 35.9 Å². The molecule has 0 saturated carbocycles. The highest BCUT2D eigenvalue weighted by atomic mass is 16.1. The number of aromatic nitrogens is 1. The first-order valence-corrected chi connectivity index (χ1v) is 5.73. The fraction of sp³-hybridized carbons (Fsp3) is 0.286. The third-order valence-corrected chi connectivity index (χ3v) is 3.10. The van der Waals surface area contributed by atoms with Crippen LogP contribution in [0.4, 0.5) is 0 Å². The van der Waals surface area contributed by atoms with Crippen molar-refractivity contribution in [3.8, 4) is 0 Å². The van der Waals surface area contributed by atoms with Crippen molar-refractivity contribution in [1.82, 2.24) is 4.98 Å². The molecule has 0 amide bonds. The number of nitrogens with zero attached hydrogens (tertiary/aromatic N) is 1. The summed E-state index contributed by atoms with van der Waals surface area (Å²) in [5.74, 6) is 0. The molecular weight excluding hydrogens is 212 g/mol. The molecule has 1 aromatic carbocycles. The van der Waals surface area contributed by atoms with Crippen molar-refractivity contribution in [1.29, 1.82) is 0 Å². The van der Waals surface area contributed by atoms with E-state index in [1.807, 2.05) is 51.4 Å². The van der Waals surface area contributed by atoms with Gasteiger partial charge in [0.15, 0.2) is 6.54 Å². The molecule has 3 nitrogen and oxygen atoms in total. The minimum Gasteiger partial charge on any atom is -0.325 e. The van der Waals surface area contributed by atoms with Gasteiger partial charge in [-0.15, -0.1) is 0 Å². The van der Waals surface area contributed by atoms with Crippen molar-refractivity contribution in [2.75, 3.05) is 7.05 Å². The molecule has 2 aromatic rings. The molecule has 3 heteroatoms. The van der Waals surface area contributed by atoms with Crippen molar-refractivity contribution in [3.63, 3.8) is 0 Å². The van der Waals surface area contributed by atoms with E-state index >= 15 is 0 Å². The highest BCUT2D eigenvalue weighted by Gasteiger charge is 2.11. The zero-order valence-electron chi connectivity index (χ0n) is 10.4. The number of fused-ring (bicyclic) bond motifs is 1. The predicted octanol–water partition coefficient (Wildman–Crippen LogP) is 2.07. The number of aromatic amines is 1. The molecule has 1 N–H and O–H groups in total. The summed E-state index contributed by atoms with van der Waals surface area (Å²) in [6.07, 6.45) is 2.03. The van der Waals surface area contributed by atoms with Crippen LogP contribution in [0.15, 0.2) is 29.1 Å². The zero-order chi connectivity index (χ0) is 12.4. The Kier molecular flexibility index (Phi) is 3.09. The molecule has 1 heterocycles. The van der Waals surface area contributed by atoms with Crippen molar-refractivity contribution in [2.24, 2.45) is 0 Å². The Morgan fingerprint density at radius 2 is 1.94 bits per heavy atom. The first-order chi connectivity index (χ1) is 8.13. The minimum atomic E-state index is -0.00928. The van der Waals surface area contributed by atoms with Crippen molar-refractivity contribution >= 4 is 17.0 Å². The predicted molar refractivity (Wildman–Crippen MR) is 70.9 cm³/mol. The number of nitrogens with one attached hydrogen (secondary N) is 1. The number of hydrogen-bond donors (Lipinski definition) is 1. The summed E-state index contributed by atoms with van der Waals surface area (Å²) >= 11 is 0. The van der Waals surface area contributed by atoms with E-state index in [1.165, 1.54) is 5.56 Å². The molecule has 0 aliphatic rings. The van der Waals surface area contributed by atoms with Gasteiger partial charge in [-0.2, -0.15) is 0 Å². The van der Waals surface area contributed by atoms with Crippen LogP contribution >= 0.6 is 0 Å². The zero-order valence-corrected chi connectivity index (χ0v) is 10.4. The van der Waals surface area contributed by atoms with Gasteiger partial charge in [0.05, 0.1) is 0 Å². The molecular formula is C14H17N2O+. The summed E-state index contributed by atoms with van der Waals surface area (Å²) in [5.41, 5.74) is 2.12. The van der Waals surface area contributed by atoms with E-state index in [0.29, 0.717) is 0 Å². The first-order valence-electron chi connectivity index (χ1n) is 5.73.